The van der Waals surface area contributed by atoms with E-state index in [1.54, 1.807) is 13.8 Å². The highest BCUT2D eigenvalue weighted by Crippen LogP contribution is 2.36. The van der Waals surface area contributed by atoms with E-state index in [1.165, 1.54) is 25.7 Å². The van der Waals surface area contributed by atoms with E-state index in [-0.39, 0.29) is 11.8 Å². The molecule has 4 aromatic carbocycles. The number of benzene rings is 4. The van der Waals surface area contributed by atoms with E-state index in [0.29, 0.717) is 35.9 Å². The number of hydrogen-bond donors (Lipinski definition) is 6. The molecule has 3 fully saturated rings. The molecule has 4 heterocycles. The van der Waals surface area contributed by atoms with Crippen molar-refractivity contribution < 1.29 is 18.4 Å². The first kappa shape index (κ1) is 49.2. The Morgan fingerprint density at radius 2 is 0.944 bits per heavy atom. The van der Waals surface area contributed by atoms with Gasteiger partial charge in [0.2, 0.25) is 11.8 Å². The maximum Gasteiger partial charge on any atom is 0.217 e. The summed E-state index contributed by atoms with van der Waals surface area (Å²) in [5.74, 6) is 3.90. The Hall–Kier alpha value is -6.76. The van der Waals surface area contributed by atoms with Crippen LogP contribution in [0.15, 0.2) is 131 Å². The zero-order valence-electron chi connectivity index (χ0n) is 41.3. The number of para-hydroxylation sites is 2. The molecule has 3 saturated carbocycles. The smallest absolute Gasteiger partial charge is 0.217 e. The fraction of sp³-hybridized carbons (Fsp3) is 0.390. The molecule has 4 aromatic heterocycles. The van der Waals surface area contributed by atoms with Gasteiger partial charge in [-0.25, -0.2) is 0 Å². The molecule has 370 valence electrons. The van der Waals surface area contributed by atoms with E-state index in [4.69, 9.17) is 20.3 Å². The maximum atomic E-state index is 11.3. The van der Waals surface area contributed by atoms with E-state index in [1.807, 2.05) is 61.2 Å². The number of aromatic nitrogens is 2. The number of hydrogen-bond acceptors (Lipinski definition) is 10. The van der Waals surface area contributed by atoms with Crippen LogP contribution < -0.4 is 32.7 Å². The zero-order valence-corrected chi connectivity index (χ0v) is 41.3. The van der Waals surface area contributed by atoms with Gasteiger partial charge < -0.3 is 41.6 Å². The molecule has 0 saturated heterocycles. The van der Waals surface area contributed by atoms with Gasteiger partial charge in [-0.15, -0.1) is 0 Å². The van der Waals surface area contributed by atoms with Gasteiger partial charge in [0.25, 0.3) is 0 Å². The predicted molar refractivity (Wildman–Crippen MR) is 289 cm³/mol. The third-order valence-corrected chi connectivity index (χ3v) is 14.8. The lowest BCUT2D eigenvalue weighted by molar-refractivity contribution is -0.120. The molecule has 11 rings (SSSR count). The summed E-state index contributed by atoms with van der Waals surface area (Å²) >= 11 is 0. The largest absolute Gasteiger partial charge is 0.456 e. The fourth-order valence-corrected chi connectivity index (χ4v) is 10.7. The van der Waals surface area contributed by atoms with Crippen LogP contribution >= 0.6 is 0 Å². The van der Waals surface area contributed by atoms with Crippen LogP contribution in [-0.4, -0.2) is 59.5 Å². The van der Waals surface area contributed by atoms with Crippen molar-refractivity contribution >= 4 is 66.7 Å². The maximum absolute atomic E-state index is 11.3. The summed E-state index contributed by atoms with van der Waals surface area (Å²) in [7, 11) is 0. The molecule has 12 heteroatoms. The monoisotopic (exact) mass is 955 g/mol. The van der Waals surface area contributed by atoms with Crippen molar-refractivity contribution in [3.05, 3.63) is 122 Å². The van der Waals surface area contributed by atoms with E-state index in [0.717, 1.165) is 149 Å². The van der Waals surface area contributed by atoms with Gasteiger partial charge in [0.1, 0.15) is 22.7 Å². The van der Waals surface area contributed by atoms with Gasteiger partial charge in [-0.1, -0.05) is 48.5 Å². The van der Waals surface area contributed by atoms with E-state index >= 15 is 0 Å². The van der Waals surface area contributed by atoms with Crippen LogP contribution in [0.2, 0.25) is 0 Å². The molecule has 0 aliphatic heterocycles. The third-order valence-electron chi connectivity index (χ3n) is 14.8. The average molecular weight is 955 g/mol. The standard InChI is InChI=1S/C26H27N3O2.C24H25N3O.C9H18N2O/c1-17(30)29-21-9-6-18(7-10-21)14-28-22-11-8-20-15-27-16-24(23(20)13-22)26-12-19-4-2-3-5-25(19)31-26;25-19-8-5-16(6-9-19)13-27-20-10-7-18-14-26-15-22(21(18)12-20)24-11-17-3-1-2-4-23(17)28-24;1-7(12)11-9-4-2-8(6-10)3-5-9/h2-5,8,11-13,15-16,18,21,28H,6-7,9-10,14H2,1H3,(H,29,30);1-4,7,10-12,14-16,19,27H,5-6,8-9,13,25H2;8-9H,2-6,10H2,1H3,(H,11,12). The lowest BCUT2D eigenvalue weighted by Crippen LogP contribution is -2.37. The number of carbonyl (C=O) groups excluding carboxylic acids is 2. The fourth-order valence-electron chi connectivity index (χ4n) is 10.7. The number of pyridine rings is 2. The molecule has 0 spiro atoms. The molecule has 0 radical (unpaired) electrons. The SMILES string of the molecule is CC(=O)NC1CCC(CN)CC1.CC(=O)NC1CCC(CNc2ccc3cncc(-c4cc5ccccc5o4)c3c2)CC1.NC1CCC(CNc2ccc3cncc(-c4cc5ccccc5o4)c3c2)CC1. The number of carbonyl (C=O) groups is 2. The summed E-state index contributed by atoms with van der Waals surface area (Å²) < 4.78 is 12.2. The predicted octanol–water partition coefficient (Wildman–Crippen LogP) is 12.0. The first-order chi connectivity index (χ1) is 34.6. The molecule has 0 unspecified atom stereocenters. The first-order valence-corrected chi connectivity index (χ1v) is 25.8. The molecular formula is C59H70N8O4. The second-order valence-corrected chi connectivity index (χ2v) is 20.2. The van der Waals surface area contributed by atoms with Crippen LogP contribution in [0.4, 0.5) is 11.4 Å². The van der Waals surface area contributed by atoms with Gasteiger partial charge in [0.05, 0.1) is 0 Å². The number of nitrogens with zero attached hydrogens (tertiary/aromatic N) is 2. The van der Waals surface area contributed by atoms with Crippen molar-refractivity contribution in [2.75, 3.05) is 30.3 Å². The number of amides is 2. The molecule has 0 bridgehead atoms. The number of fused-ring (bicyclic) bond motifs is 4. The van der Waals surface area contributed by atoms with Crippen molar-refractivity contribution in [3.63, 3.8) is 0 Å². The third kappa shape index (κ3) is 13.0. The van der Waals surface area contributed by atoms with E-state index < -0.39 is 0 Å². The number of nitrogens with two attached hydrogens (primary N) is 2. The molecule has 8 aromatic rings. The second-order valence-electron chi connectivity index (χ2n) is 20.2. The van der Waals surface area contributed by atoms with Crippen molar-refractivity contribution in [3.8, 4) is 22.6 Å². The highest BCUT2D eigenvalue weighted by molar-refractivity contribution is 5.99. The lowest BCUT2D eigenvalue weighted by atomic mass is 9.86. The van der Waals surface area contributed by atoms with Crippen LogP contribution in [0, 0.1) is 17.8 Å². The Bertz CT molecular complexity index is 2960. The minimum atomic E-state index is 0.0764. The molecule has 3 aliphatic rings. The van der Waals surface area contributed by atoms with Crippen molar-refractivity contribution in [1.29, 1.82) is 0 Å². The minimum Gasteiger partial charge on any atom is -0.456 e. The summed E-state index contributed by atoms with van der Waals surface area (Å²) in [5.41, 5.74) is 17.7. The van der Waals surface area contributed by atoms with Crippen LogP contribution in [-0.2, 0) is 9.59 Å². The van der Waals surface area contributed by atoms with Gasteiger partial charge in [0, 0.05) is 114 Å². The van der Waals surface area contributed by atoms with Gasteiger partial charge in [-0.2, -0.15) is 0 Å². The Kier molecular flexibility index (Phi) is 16.3. The molecule has 0 atom stereocenters. The van der Waals surface area contributed by atoms with Crippen LogP contribution in [0.1, 0.15) is 90.9 Å². The van der Waals surface area contributed by atoms with Gasteiger partial charge in [-0.3, -0.25) is 19.6 Å². The van der Waals surface area contributed by atoms with Crippen LogP contribution in [0.3, 0.4) is 0 Å². The number of nitrogens with one attached hydrogen (secondary N) is 4. The topological polar surface area (TPSA) is 186 Å². The Morgan fingerprint density at radius 1 is 0.521 bits per heavy atom. The van der Waals surface area contributed by atoms with Gasteiger partial charge in [-0.05, 0) is 161 Å². The van der Waals surface area contributed by atoms with E-state index in [2.05, 4.69) is 91.9 Å². The Morgan fingerprint density at radius 3 is 1.37 bits per heavy atom. The zero-order chi connectivity index (χ0) is 49.1. The normalized spacial score (nSPS) is 21.1. The average Bonchev–Trinajstić information content (AvgIpc) is 4.03. The summed E-state index contributed by atoms with van der Waals surface area (Å²) in [6.07, 6.45) is 21.2. The number of rotatable bonds is 11. The number of anilines is 2. The Balaban J connectivity index is 0.000000144. The molecule has 2 amide bonds. The molecule has 71 heavy (non-hydrogen) atoms. The highest BCUT2D eigenvalue weighted by atomic mass is 16.3. The van der Waals surface area contributed by atoms with Gasteiger partial charge >= 0.3 is 0 Å². The second kappa shape index (κ2) is 23.4. The van der Waals surface area contributed by atoms with Crippen LogP contribution in [0.5, 0.6) is 0 Å². The first-order valence-electron chi connectivity index (χ1n) is 25.8. The lowest BCUT2D eigenvalue weighted by Gasteiger charge is -2.29. The summed E-state index contributed by atoms with van der Waals surface area (Å²) in [6.45, 7) is 5.93. The minimum absolute atomic E-state index is 0.0764. The van der Waals surface area contributed by atoms with Crippen molar-refractivity contribution in [2.45, 2.75) is 109 Å². The van der Waals surface area contributed by atoms with E-state index in [9.17, 15) is 9.59 Å². The van der Waals surface area contributed by atoms with Crippen LogP contribution in [0.25, 0.3) is 66.1 Å². The molecule has 3 aliphatic carbocycles. The summed E-state index contributed by atoms with van der Waals surface area (Å²) in [4.78, 5) is 30.8. The Labute approximate surface area is 417 Å². The molecule has 8 N–H and O–H groups in total. The molecule has 12 nitrogen and oxygen atoms in total. The van der Waals surface area contributed by atoms with Crippen molar-refractivity contribution in [1.82, 2.24) is 20.6 Å². The molecular weight excluding hydrogens is 885 g/mol. The number of furan rings is 2. The highest BCUT2D eigenvalue weighted by Gasteiger charge is 2.23. The van der Waals surface area contributed by atoms with Crippen molar-refractivity contribution in [2.24, 2.45) is 29.2 Å². The summed E-state index contributed by atoms with van der Waals surface area (Å²) in [6, 6.07) is 34.4. The van der Waals surface area contributed by atoms with Gasteiger partial charge in [0.15, 0.2) is 0 Å². The summed E-state index contributed by atoms with van der Waals surface area (Å²) in [5, 5.41) is 20.0. The quantitative estimate of drug-likeness (QED) is 0.0728.